The first-order valence-corrected chi connectivity index (χ1v) is 8.91. The molecule has 0 saturated carbocycles. The fourth-order valence-electron chi connectivity index (χ4n) is 4.34. The van der Waals surface area contributed by atoms with Crippen molar-refractivity contribution in [2.24, 2.45) is 11.8 Å². The Morgan fingerprint density at radius 2 is 2.15 bits per heavy atom. The monoisotopic (exact) mass is 372 g/mol. The van der Waals surface area contributed by atoms with Gasteiger partial charge >= 0.3 is 0 Å². The first-order valence-electron chi connectivity index (χ1n) is 8.91. The molecule has 3 heterocycles. The third kappa shape index (κ3) is 3.21. The fourth-order valence-corrected chi connectivity index (χ4v) is 4.34. The molecule has 0 radical (unpaired) electrons. The molecule has 2 aromatic rings. The number of halogens is 1. The molecule has 2 fully saturated rings. The van der Waals surface area contributed by atoms with E-state index in [1.807, 2.05) is 6.07 Å². The topological polar surface area (TPSA) is 78.5 Å². The van der Waals surface area contributed by atoms with Crippen LogP contribution in [0, 0.1) is 17.7 Å². The molecule has 0 aliphatic carbocycles. The number of aromatic nitrogens is 2. The maximum Gasteiger partial charge on any atom is 0.271 e. The quantitative estimate of drug-likeness (QED) is 0.882. The van der Waals surface area contributed by atoms with Gasteiger partial charge in [0.1, 0.15) is 18.1 Å². The fraction of sp³-hybridized carbons (Fsp3) is 0.421. The minimum absolute atomic E-state index is 0.0119. The van der Waals surface area contributed by atoms with Gasteiger partial charge in [0.05, 0.1) is 6.04 Å². The van der Waals surface area contributed by atoms with Crippen LogP contribution in [0.25, 0.3) is 0 Å². The van der Waals surface area contributed by atoms with Crippen molar-refractivity contribution in [3.8, 4) is 0 Å². The lowest BCUT2D eigenvalue weighted by Gasteiger charge is -2.29. The molecule has 7 nitrogen and oxygen atoms in total. The number of carbonyl (C=O) groups is 2. The minimum Gasteiger partial charge on any atom is -0.375 e. The SMILES string of the molecule is COCC(=O)N1C[C@H]2CN(C(=O)c3ccn[nH]3)C[C@H]2[C@@H]1c1cccc(F)c1. The largest absolute Gasteiger partial charge is 0.375 e. The number of ether oxygens (including phenoxy) is 1. The molecule has 1 aromatic heterocycles. The minimum atomic E-state index is -0.335. The van der Waals surface area contributed by atoms with Crippen molar-refractivity contribution in [2.75, 3.05) is 33.4 Å². The molecule has 2 amide bonds. The second-order valence-electron chi connectivity index (χ2n) is 7.08. The van der Waals surface area contributed by atoms with Crippen molar-refractivity contribution in [3.63, 3.8) is 0 Å². The van der Waals surface area contributed by atoms with E-state index < -0.39 is 0 Å². The molecule has 1 aromatic carbocycles. The Labute approximate surface area is 156 Å². The number of rotatable bonds is 4. The molecule has 2 aliphatic rings. The third-order valence-electron chi connectivity index (χ3n) is 5.46. The average molecular weight is 372 g/mol. The molecular formula is C19H21FN4O3. The van der Waals surface area contributed by atoms with Crippen molar-refractivity contribution in [2.45, 2.75) is 6.04 Å². The molecule has 27 heavy (non-hydrogen) atoms. The molecule has 8 heteroatoms. The Balaban J connectivity index is 1.61. The maximum absolute atomic E-state index is 13.8. The predicted molar refractivity (Wildman–Crippen MR) is 94.2 cm³/mol. The van der Waals surface area contributed by atoms with Crippen molar-refractivity contribution in [1.82, 2.24) is 20.0 Å². The van der Waals surface area contributed by atoms with Crippen molar-refractivity contribution in [1.29, 1.82) is 0 Å². The lowest BCUT2D eigenvalue weighted by Crippen LogP contribution is -2.39. The number of nitrogens with zero attached hydrogens (tertiary/aromatic N) is 3. The lowest BCUT2D eigenvalue weighted by atomic mass is 9.89. The first kappa shape index (κ1) is 17.7. The lowest BCUT2D eigenvalue weighted by molar-refractivity contribution is -0.136. The van der Waals surface area contributed by atoms with Gasteiger partial charge in [-0.25, -0.2) is 4.39 Å². The number of hydrogen-bond acceptors (Lipinski definition) is 4. The Kier molecular flexibility index (Phi) is 4.65. The second kappa shape index (κ2) is 7.11. The third-order valence-corrected chi connectivity index (χ3v) is 5.46. The second-order valence-corrected chi connectivity index (χ2v) is 7.08. The average Bonchev–Trinajstić information content (AvgIpc) is 3.37. The summed E-state index contributed by atoms with van der Waals surface area (Å²) in [4.78, 5) is 28.8. The zero-order chi connectivity index (χ0) is 19.0. The number of carbonyl (C=O) groups excluding carboxylic acids is 2. The highest BCUT2D eigenvalue weighted by atomic mass is 19.1. The summed E-state index contributed by atoms with van der Waals surface area (Å²) in [7, 11) is 1.48. The van der Waals surface area contributed by atoms with Crippen LogP contribution in [-0.4, -0.2) is 65.2 Å². The highest BCUT2D eigenvalue weighted by Crippen LogP contribution is 2.45. The highest BCUT2D eigenvalue weighted by Gasteiger charge is 2.50. The summed E-state index contributed by atoms with van der Waals surface area (Å²) >= 11 is 0. The van der Waals surface area contributed by atoms with Gasteiger partial charge in [-0.1, -0.05) is 12.1 Å². The number of aromatic amines is 1. The van der Waals surface area contributed by atoms with Gasteiger partial charge in [0.25, 0.3) is 5.91 Å². The molecule has 4 rings (SSSR count). The van der Waals surface area contributed by atoms with Crippen LogP contribution < -0.4 is 0 Å². The van der Waals surface area contributed by atoms with Gasteiger partial charge in [-0.05, 0) is 23.8 Å². The van der Waals surface area contributed by atoms with Gasteiger partial charge in [-0.15, -0.1) is 0 Å². The molecule has 0 unspecified atom stereocenters. The number of H-pyrrole nitrogens is 1. The maximum atomic E-state index is 13.8. The van der Waals surface area contributed by atoms with Crippen LogP contribution in [0.2, 0.25) is 0 Å². The Morgan fingerprint density at radius 3 is 2.85 bits per heavy atom. The summed E-state index contributed by atoms with van der Waals surface area (Å²) in [6.45, 7) is 1.59. The molecule has 2 saturated heterocycles. The number of likely N-dealkylation sites (tertiary alicyclic amines) is 2. The molecular weight excluding hydrogens is 351 g/mol. The van der Waals surface area contributed by atoms with E-state index in [0.29, 0.717) is 25.3 Å². The van der Waals surface area contributed by atoms with Crippen LogP contribution >= 0.6 is 0 Å². The number of amides is 2. The van der Waals surface area contributed by atoms with Gasteiger partial charge in [-0.2, -0.15) is 5.10 Å². The van der Waals surface area contributed by atoms with E-state index in [9.17, 15) is 14.0 Å². The highest BCUT2D eigenvalue weighted by molar-refractivity contribution is 5.92. The number of nitrogens with one attached hydrogen (secondary N) is 1. The van der Waals surface area contributed by atoms with Crippen molar-refractivity contribution < 1.29 is 18.7 Å². The van der Waals surface area contributed by atoms with E-state index >= 15 is 0 Å². The van der Waals surface area contributed by atoms with Crippen LogP contribution in [0.1, 0.15) is 22.1 Å². The normalized spacial score (nSPS) is 24.3. The predicted octanol–water partition coefficient (Wildman–Crippen LogP) is 1.47. The summed E-state index contributed by atoms with van der Waals surface area (Å²) in [5.74, 6) is -0.355. The van der Waals surface area contributed by atoms with Crippen LogP contribution in [0.15, 0.2) is 36.5 Å². The molecule has 2 aliphatic heterocycles. The first-order chi connectivity index (χ1) is 13.1. The zero-order valence-electron chi connectivity index (χ0n) is 15.0. The van der Waals surface area contributed by atoms with Crippen molar-refractivity contribution >= 4 is 11.8 Å². The van der Waals surface area contributed by atoms with E-state index in [-0.39, 0.29) is 42.1 Å². The standard InChI is InChI=1S/C19H21FN4O3/c1-27-11-17(25)24-9-13-8-23(19(26)16-5-6-21-22-16)10-15(13)18(24)12-3-2-4-14(20)7-12/h2-7,13,15,18H,8-11H2,1H3,(H,21,22)/t13-,15-,18+/m1/s1. The molecule has 0 spiro atoms. The summed E-state index contributed by atoms with van der Waals surface area (Å²) < 4.78 is 18.8. The molecule has 142 valence electrons. The van der Waals surface area contributed by atoms with E-state index in [4.69, 9.17) is 4.74 Å². The molecule has 0 bridgehead atoms. The van der Waals surface area contributed by atoms with E-state index in [1.165, 1.54) is 19.2 Å². The summed E-state index contributed by atoms with van der Waals surface area (Å²) in [5, 5.41) is 6.54. The van der Waals surface area contributed by atoms with Crippen molar-refractivity contribution in [3.05, 3.63) is 53.6 Å². The van der Waals surface area contributed by atoms with Gasteiger partial charge < -0.3 is 14.5 Å². The van der Waals surface area contributed by atoms with Crippen LogP contribution in [0.5, 0.6) is 0 Å². The van der Waals surface area contributed by atoms with E-state index in [0.717, 1.165) is 5.56 Å². The van der Waals surface area contributed by atoms with Gasteiger partial charge in [-0.3, -0.25) is 14.7 Å². The van der Waals surface area contributed by atoms with Crippen LogP contribution in [0.3, 0.4) is 0 Å². The van der Waals surface area contributed by atoms with Crippen LogP contribution in [0.4, 0.5) is 4.39 Å². The summed E-state index contributed by atoms with van der Waals surface area (Å²) in [6, 6.07) is 7.73. The van der Waals surface area contributed by atoms with Crippen LogP contribution in [-0.2, 0) is 9.53 Å². The van der Waals surface area contributed by atoms with Gasteiger partial charge in [0.2, 0.25) is 5.91 Å². The van der Waals surface area contributed by atoms with Gasteiger partial charge in [0.15, 0.2) is 0 Å². The molecule has 3 atom stereocenters. The number of methoxy groups -OCH3 is 1. The van der Waals surface area contributed by atoms with Gasteiger partial charge in [0, 0.05) is 44.8 Å². The number of hydrogen-bond donors (Lipinski definition) is 1. The summed E-state index contributed by atoms with van der Waals surface area (Å²) in [5.41, 5.74) is 1.20. The number of benzene rings is 1. The van der Waals surface area contributed by atoms with E-state index in [2.05, 4.69) is 10.2 Å². The molecule has 1 N–H and O–H groups in total. The Morgan fingerprint density at radius 1 is 1.30 bits per heavy atom. The zero-order valence-corrected chi connectivity index (χ0v) is 15.0. The Hall–Kier alpha value is -2.74. The van der Waals surface area contributed by atoms with E-state index in [1.54, 1.807) is 28.1 Å². The summed E-state index contributed by atoms with van der Waals surface area (Å²) in [6.07, 6.45) is 1.55. The smallest absolute Gasteiger partial charge is 0.271 e. The Bertz CT molecular complexity index is 841. The number of fused-ring (bicyclic) bond motifs is 1.